The molecule has 4 heteroatoms. The summed E-state index contributed by atoms with van der Waals surface area (Å²) in [5.74, 6) is -0.230. The molecule has 0 spiro atoms. The van der Waals surface area contributed by atoms with Crippen LogP contribution in [0.2, 0.25) is 0 Å². The van der Waals surface area contributed by atoms with E-state index in [4.69, 9.17) is 5.73 Å². The average Bonchev–Trinajstić information content (AvgIpc) is 2.43. The summed E-state index contributed by atoms with van der Waals surface area (Å²) < 4.78 is 14.0. The Kier molecular flexibility index (Phi) is 6.99. The Morgan fingerprint density at radius 2 is 1.89 bits per heavy atom. The first kappa shape index (κ1) is 16.1. The van der Waals surface area contributed by atoms with Crippen LogP contribution in [-0.4, -0.2) is 35.7 Å². The summed E-state index contributed by atoms with van der Waals surface area (Å²) in [5.41, 5.74) is 6.48. The Hall–Kier alpha value is -0.970. The molecular formula is C15H25FN2O. The highest BCUT2D eigenvalue weighted by atomic mass is 19.1. The van der Waals surface area contributed by atoms with Gasteiger partial charge >= 0.3 is 0 Å². The number of hydrogen-bond donors (Lipinski definition) is 2. The fourth-order valence-corrected chi connectivity index (χ4v) is 2.65. The zero-order valence-corrected chi connectivity index (χ0v) is 11.8. The SMILES string of the molecule is CCC(CC)N(CCO)C(CN)c1ccccc1F. The summed E-state index contributed by atoms with van der Waals surface area (Å²) >= 11 is 0. The molecule has 0 bridgehead atoms. The summed E-state index contributed by atoms with van der Waals surface area (Å²) in [5, 5.41) is 9.26. The summed E-state index contributed by atoms with van der Waals surface area (Å²) in [4.78, 5) is 2.12. The van der Waals surface area contributed by atoms with Gasteiger partial charge < -0.3 is 10.8 Å². The van der Waals surface area contributed by atoms with Crippen molar-refractivity contribution in [3.05, 3.63) is 35.6 Å². The first-order valence-corrected chi connectivity index (χ1v) is 7.00. The molecule has 0 saturated carbocycles. The molecule has 0 amide bonds. The molecule has 0 fully saturated rings. The lowest BCUT2D eigenvalue weighted by atomic mass is 10.0. The molecule has 1 unspecified atom stereocenters. The normalized spacial score (nSPS) is 13.2. The zero-order valence-electron chi connectivity index (χ0n) is 11.8. The quantitative estimate of drug-likeness (QED) is 0.760. The van der Waals surface area contributed by atoms with E-state index < -0.39 is 0 Å². The number of nitrogens with two attached hydrogens (primary N) is 1. The Morgan fingerprint density at radius 3 is 2.37 bits per heavy atom. The van der Waals surface area contributed by atoms with Crippen LogP contribution in [0.4, 0.5) is 4.39 Å². The van der Waals surface area contributed by atoms with Crippen molar-refractivity contribution in [2.75, 3.05) is 19.7 Å². The zero-order chi connectivity index (χ0) is 14.3. The van der Waals surface area contributed by atoms with Gasteiger partial charge in [0.05, 0.1) is 12.6 Å². The largest absolute Gasteiger partial charge is 0.395 e. The van der Waals surface area contributed by atoms with Crippen LogP contribution in [0.15, 0.2) is 24.3 Å². The van der Waals surface area contributed by atoms with Crippen LogP contribution in [0.5, 0.6) is 0 Å². The maximum atomic E-state index is 14.0. The van der Waals surface area contributed by atoms with Gasteiger partial charge in [0, 0.05) is 24.7 Å². The topological polar surface area (TPSA) is 49.5 Å². The van der Waals surface area contributed by atoms with Crippen molar-refractivity contribution in [1.29, 1.82) is 0 Å². The molecule has 0 aliphatic heterocycles. The van der Waals surface area contributed by atoms with E-state index in [1.807, 2.05) is 6.07 Å². The van der Waals surface area contributed by atoms with Gasteiger partial charge in [-0.15, -0.1) is 0 Å². The van der Waals surface area contributed by atoms with Gasteiger partial charge in [0.15, 0.2) is 0 Å². The van der Waals surface area contributed by atoms with Crippen molar-refractivity contribution in [1.82, 2.24) is 4.90 Å². The third kappa shape index (κ3) is 4.00. The predicted molar refractivity (Wildman–Crippen MR) is 76.4 cm³/mol. The molecule has 0 aromatic heterocycles. The van der Waals surface area contributed by atoms with Gasteiger partial charge in [0.2, 0.25) is 0 Å². The minimum atomic E-state index is -0.230. The van der Waals surface area contributed by atoms with Gasteiger partial charge in [0.1, 0.15) is 5.82 Å². The number of nitrogens with zero attached hydrogens (tertiary/aromatic N) is 1. The maximum absolute atomic E-state index is 14.0. The van der Waals surface area contributed by atoms with Crippen molar-refractivity contribution in [2.24, 2.45) is 5.73 Å². The third-order valence-corrected chi connectivity index (χ3v) is 3.66. The molecular weight excluding hydrogens is 243 g/mol. The molecule has 0 radical (unpaired) electrons. The molecule has 19 heavy (non-hydrogen) atoms. The van der Waals surface area contributed by atoms with Crippen LogP contribution in [-0.2, 0) is 0 Å². The smallest absolute Gasteiger partial charge is 0.128 e. The lowest BCUT2D eigenvalue weighted by molar-refractivity contribution is 0.0977. The fraction of sp³-hybridized carbons (Fsp3) is 0.600. The molecule has 0 aliphatic carbocycles. The predicted octanol–water partition coefficient (Wildman–Crippen LogP) is 2.31. The average molecular weight is 268 g/mol. The number of rotatable bonds is 8. The van der Waals surface area contributed by atoms with Crippen molar-refractivity contribution >= 4 is 0 Å². The molecule has 1 aromatic rings. The number of benzene rings is 1. The first-order valence-electron chi connectivity index (χ1n) is 7.00. The highest BCUT2D eigenvalue weighted by Crippen LogP contribution is 2.26. The first-order chi connectivity index (χ1) is 9.19. The second-order valence-electron chi connectivity index (χ2n) is 4.70. The van der Waals surface area contributed by atoms with Crippen LogP contribution in [0.1, 0.15) is 38.3 Å². The fourth-order valence-electron chi connectivity index (χ4n) is 2.65. The second-order valence-corrected chi connectivity index (χ2v) is 4.70. The van der Waals surface area contributed by atoms with E-state index in [1.165, 1.54) is 6.07 Å². The van der Waals surface area contributed by atoms with E-state index in [1.54, 1.807) is 12.1 Å². The molecule has 108 valence electrons. The van der Waals surface area contributed by atoms with E-state index in [0.717, 1.165) is 12.8 Å². The molecule has 0 saturated heterocycles. The molecule has 0 aliphatic rings. The Bertz CT molecular complexity index is 369. The van der Waals surface area contributed by atoms with Crippen LogP contribution in [0.25, 0.3) is 0 Å². The standard InChI is InChI=1S/C15H25FN2O/c1-3-12(4-2)18(9-10-19)15(11-17)13-7-5-6-8-14(13)16/h5-8,12,15,19H,3-4,9-11,17H2,1-2H3. The Labute approximate surface area is 115 Å². The molecule has 0 heterocycles. The lowest BCUT2D eigenvalue weighted by Gasteiger charge is -2.37. The molecule has 3 nitrogen and oxygen atoms in total. The summed E-state index contributed by atoms with van der Waals surface area (Å²) in [6, 6.07) is 6.87. The Morgan fingerprint density at radius 1 is 1.26 bits per heavy atom. The van der Waals surface area contributed by atoms with E-state index in [9.17, 15) is 9.50 Å². The number of aliphatic hydroxyl groups is 1. The van der Waals surface area contributed by atoms with E-state index >= 15 is 0 Å². The summed E-state index contributed by atoms with van der Waals surface area (Å²) in [6.07, 6.45) is 1.92. The van der Waals surface area contributed by atoms with Crippen molar-refractivity contribution in [3.63, 3.8) is 0 Å². The van der Waals surface area contributed by atoms with Gasteiger partial charge in [-0.1, -0.05) is 32.0 Å². The summed E-state index contributed by atoms with van der Waals surface area (Å²) in [7, 11) is 0. The second kappa shape index (κ2) is 8.25. The van der Waals surface area contributed by atoms with Crippen molar-refractivity contribution in [3.8, 4) is 0 Å². The van der Waals surface area contributed by atoms with Crippen LogP contribution in [0.3, 0.4) is 0 Å². The van der Waals surface area contributed by atoms with Crippen LogP contribution >= 0.6 is 0 Å². The number of aliphatic hydroxyl groups excluding tert-OH is 1. The highest BCUT2D eigenvalue weighted by Gasteiger charge is 2.26. The van der Waals surface area contributed by atoms with Crippen LogP contribution in [0, 0.1) is 5.82 Å². The third-order valence-electron chi connectivity index (χ3n) is 3.66. The number of halogens is 1. The van der Waals surface area contributed by atoms with Gasteiger partial charge in [-0.2, -0.15) is 0 Å². The van der Waals surface area contributed by atoms with Gasteiger partial charge in [0.25, 0.3) is 0 Å². The van der Waals surface area contributed by atoms with Crippen molar-refractivity contribution < 1.29 is 9.50 Å². The number of hydrogen-bond acceptors (Lipinski definition) is 3. The minimum Gasteiger partial charge on any atom is -0.395 e. The van der Waals surface area contributed by atoms with Crippen LogP contribution < -0.4 is 5.73 Å². The molecule has 1 rings (SSSR count). The molecule has 1 aromatic carbocycles. The van der Waals surface area contributed by atoms with E-state index in [2.05, 4.69) is 18.7 Å². The van der Waals surface area contributed by atoms with Gasteiger partial charge in [-0.3, -0.25) is 4.90 Å². The Balaban J connectivity index is 3.06. The van der Waals surface area contributed by atoms with Gasteiger partial charge in [-0.05, 0) is 18.9 Å². The van der Waals surface area contributed by atoms with Gasteiger partial charge in [-0.25, -0.2) is 4.39 Å². The minimum absolute atomic E-state index is 0.0570. The molecule has 3 N–H and O–H groups in total. The summed E-state index contributed by atoms with van der Waals surface area (Å²) in [6.45, 7) is 5.13. The maximum Gasteiger partial charge on any atom is 0.128 e. The van der Waals surface area contributed by atoms with E-state index in [0.29, 0.717) is 24.7 Å². The lowest BCUT2D eigenvalue weighted by Crippen LogP contribution is -2.43. The monoisotopic (exact) mass is 268 g/mol. The highest BCUT2D eigenvalue weighted by molar-refractivity contribution is 5.22. The van der Waals surface area contributed by atoms with Crippen molar-refractivity contribution in [2.45, 2.75) is 38.8 Å². The molecule has 1 atom stereocenters. The van der Waals surface area contributed by atoms with E-state index in [-0.39, 0.29) is 18.5 Å².